The molecule has 1 saturated heterocycles. The topological polar surface area (TPSA) is 80.5 Å². The second kappa shape index (κ2) is 5.77. The molecule has 1 aliphatic heterocycles. The fraction of sp³-hybridized carbons (Fsp3) is 0.533. The van der Waals surface area contributed by atoms with Crippen LogP contribution in [0, 0.1) is 12.8 Å². The first-order chi connectivity index (χ1) is 9.70. The lowest BCUT2D eigenvalue weighted by Gasteiger charge is -2.37. The lowest BCUT2D eigenvalue weighted by Crippen LogP contribution is -2.45. The van der Waals surface area contributed by atoms with E-state index in [0.29, 0.717) is 18.0 Å². The zero-order chi connectivity index (χ0) is 15.8. The molecule has 21 heavy (non-hydrogen) atoms. The van der Waals surface area contributed by atoms with Crippen LogP contribution in [0.4, 0.5) is 0 Å². The van der Waals surface area contributed by atoms with Crippen molar-refractivity contribution >= 4 is 15.9 Å². The molecule has 2 atom stereocenters. The number of sulfonamides is 1. The monoisotopic (exact) mass is 310 g/mol. The van der Waals surface area contributed by atoms with E-state index in [1.165, 1.54) is 12.1 Å². The Morgan fingerprint density at radius 3 is 2.57 bits per heavy atom. The van der Waals surface area contributed by atoms with Crippen LogP contribution in [-0.2, 0) is 10.0 Å². The smallest absolute Gasteiger partial charge is 0.254 e. The van der Waals surface area contributed by atoms with Gasteiger partial charge in [0, 0.05) is 18.2 Å². The Kier molecular flexibility index (Phi) is 4.39. The van der Waals surface area contributed by atoms with E-state index in [1.54, 1.807) is 13.0 Å². The van der Waals surface area contributed by atoms with Crippen LogP contribution in [0.5, 0.6) is 0 Å². The van der Waals surface area contributed by atoms with Crippen molar-refractivity contribution < 1.29 is 13.2 Å². The molecule has 1 aromatic rings. The fourth-order valence-electron chi connectivity index (χ4n) is 2.73. The maximum absolute atomic E-state index is 12.7. The maximum atomic E-state index is 12.7. The predicted octanol–water partition coefficient (Wildman–Crippen LogP) is 1.90. The number of primary sulfonamides is 1. The molecule has 2 unspecified atom stereocenters. The summed E-state index contributed by atoms with van der Waals surface area (Å²) in [6, 6.07) is 4.62. The van der Waals surface area contributed by atoms with Gasteiger partial charge in [0.2, 0.25) is 10.0 Å². The predicted molar refractivity (Wildman–Crippen MR) is 81.4 cm³/mol. The van der Waals surface area contributed by atoms with Gasteiger partial charge in [0.25, 0.3) is 5.91 Å². The summed E-state index contributed by atoms with van der Waals surface area (Å²) in [4.78, 5) is 14.6. The van der Waals surface area contributed by atoms with Gasteiger partial charge in [-0.2, -0.15) is 0 Å². The number of benzene rings is 1. The van der Waals surface area contributed by atoms with Gasteiger partial charge in [-0.15, -0.1) is 0 Å². The van der Waals surface area contributed by atoms with Crippen LogP contribution in [0.3, 0.4) is 0 Å². The number of rotatable bonds is 2. The van der Waals surface area contributed by atoms with Gasteiger partial charge in [-0.3, -0.25) is 4.79 Å². The number of carbonyl (C=O) groups is 1. The van der Waals surface area contributed by atoms with Gasteiger partial charge in [0.05, 0.1) is 4.90 Å². The molecule has 1 amide bonds. The molecule has 1 fully saturated rings. The van der Waals surface area contributed by atoms with Crippen molar-refractivity contribution in [2.24, 2.45) is 11.1 Å². The summed E-state index contributed by atoms with van der Waals surface area (Å²) >= 11 is 0. The minimum absolute atomic E-state index is 0.0193. The van der Waals surface area contributed by atoms with Crippen LogP contribution < -0.4 is 5.14 Å². The zero-order valence-corrected chi connectivity index (χ0v) is 13.5. The molecule has 0 bridgehead atoms. The third kappa shape index (κ3) is 3.44. The van der Waals surface area contributed by atoms with E-state index in [-0.39, 0.29) is 16.8 Å². The van der Waals surface area contributed by atoms with E-state index >= 15 is 0 Å². The molecule has 0 aromatic heterocycles. The highest BCUT2D eigenvalue weighted by Gasteiger charge is 2.28. The van der Waals surface area contributed by atoms with E-state index in [0.717, 1.165) is 18.4 Å². The Balaban J connectivity index is 2.38. The van der Waals surface area contributed by atoms with Crippen molar-refractivity contribution in [2.45, 2.75) is 44.6 Å². The van der Waals surface area contributed by atoms with E-state index in [2.05, 4.69) is 6.92 Å². The molecule has 2 N–H and O–H groups in total. The molecule has 0 saturated carbocycles. The molecule has 1 heterocycles. The molecule has 0 radical (unpaired) electrons. The Bertz CT molecular complexity index is 655. The van der Waals surface area contributed by atoms with Crippen LogP contribution in [0.2, 0.25) is 0 Å². The van der Waals surface area contributed by atoms with E-state index in [4.69, 9.17) is 5.14 Å². The minimum Gasteiger partial charge on any atom is -0.336 e. The van der Waals surface area contributed by atoms with Crippen LogP contribution in [-0.4, -0.2) is 31.8 Å². The van der Waals surface area contributed by atoms with Crippen molar-refractivity contribution in [2.75, 3.05) is 6.54 Å². The Morgan fingerprint density at radius 1 is 1.29 bits per heavy atom. The van der Waals surface area contributed by atoms with Crippen LogP contribution in [0.25, 0.3) is 0 Å². The number of carbonyl (C=O) groups excluding carboxylic acids is 1. The highest BCUT2D eigenvalue weighted by Crippen LogP contribution is 2.25. The molecule has 0 spiro atoms. The number of hydrogen-bond acceptors (Lipinski definition) is 3. The average molecular weight is 310 g/mol. The lowest BCUT2D eigenvalue weighted by molar-refractivity contribution is 0.0573. The van der Waals surface area contributed by atoms with Crippen molar-refractivity contribution in [1.29, 1.82) is 0 Å². The first-order valence-corrected chi connectivity index (χ1v) is 8.69. The molecule has 1 aliphatic rings. The van der Waals surface area contributed by atoms with Crippen molar-refractivity contribution in [3.05, 3.63) is 29.3 Å². The number of hydrogen-bond donors (Lipinski definition) is 1. The summed E-state index contributed by atoms with van der Waals surface area (Å²) in [6.45, 7) is 6.67. The largest absolute Gasteiger partial charge is 0.336 e. The highest BCUT2D eigenvalue weighted by atomic mass is 32.2. The molecule has 2 rings (SSSR count). The van der Waals surface area contributed by atoms with Crippen LogP contribution >= 0.6 is 0 Å². The normalized spacial score (nSPS) is 23.1. The number of aryl methyl sites for hydroxylation is 1. The number of nitrogens with two attached hydrogens (primary N) is 1. The molecular weight excluding hydrogens is 288 g/mol. The van der Waals surface area contributed by atoms with E-state index < -0.39 is 10.0 Å². The Labute approximate surface area is 126 Å². The van der Waals surface area contributed by atoms with Crippen LogP contribution in [0.1, 0.15) is 42.6 Å². The second-order valence-corrected chi connectivity index (χ2v) is 7.57. The van der Waals surface area contributed by atoms with Gasteiger partial charge in [-0.25, -0.2) is 13.6 Å². The minimum atomic E-state index is -3.80. The average Bonchev–Trinajstić information content (AvgIpc) is 2.40. The van der Waals surface area contributed by atoms with Gasteiger partial charge in [-0.05, 0) is 50.3 Å². The summed E-state index contributed by atoms with van der Waals surface area (Å²) in [5, 5.41) is 5.15. The van der Waals surface area contributed by atoms with Crippen molar-refractivity contribution in [3.8, 4) is 0 Å². The molecule has 1 aromatic carbocycles. The molecule has 5 nitrogen and oxygen atoms in total. The highest BCUT2D eigenvalue weighted by molar-refractivity contribution is 7.89. The Hall–Kier alpha value is -1.40. The molecule has 0 aliphatic carbocycles. The molecule has 116 valence electrons. The first-order valence-electron chi connectivity index (χ1n) is 7.14. The number of likely N-dealkylation sites (tertiary alicyclic amines) is 1. The molecular formula is C15H22N2O3S. The number of nitrogens with zero attached hydrogens (tertiary/aromatic N) is 1. The van der Waals surface area contributed by atoms with Gasteiger partial charge >= 0.3 is 0 Å². The fourth-order valence-corrected chi connectivity index (χ4v) is 3.27. The van der Waals surface area contributed by atoms with Gasteiger partial charge in [0.1, 0.15) is 0 Å². The SMILES string of the molecule is Cc1ccc(S(N)(=O)=O)cc1C(=O)N1CC(C)CCC1C. The first kappa shape index (κ1) is 16.0. The summed E-state index contributed by atoms with van der Waals surface area (Å²) in [5.74, 6) is 0.351. The second-order valence-electron chi connectivity index (χ2n) is 6.01. The van der Waals surface area contributed by atoms with Gasteiger partial charge in [-0.1, -0.05) is 13.0 Å². The summed E-state index contributed by atoms with van der Waals surface area (Å²) in [7, 11) is -3.80. The van der Waals surface area contributed by atoms with Gasteiger partial charge < -0.3 is 4.90 Å². The Morgan fingerprint density at radius 2 is 1.95 bits per heavy atom. The van der Waals surface area contributed by atoms with Crippen molar-refractivity contribution in [3.63, 3.8) is 0 Å². The lowest BCUT2D eigenvalue weighted by atomic mass is 9.94. The maximum Gasteiger partial charge on any atom is 0.254 e. The quantitative estimate of drug-likeness (QED) is 0.906. The standard InChI is InChI=1S/C15H22N2O3S/c1-10-4-6-12(3)17(9-10)15(18)14-8-13(21(16,19)20)7-5-11(14)2/h5,7-8,10,12H,4,6,9H2,1-3H3,(H2,16,19,20). The third-order valence-electron chi connectivity index (χ3n) is 4.15. The molecule has 6 heteroatoms. The summed E-state index contributed by atoms with van der Waals surface area (Å²) < 4.78 is 22.9. The number of amides is 1. The van der Waals surface area contributed by atoms with E-state index in [1.807, 2.05) is 11.8 Å². The number of piperidine rings is 1. The third-order valence-corrected chi connectivity index (χ3v) is 5.06. The summed E-state index contributed by atoms with van der Waals surface area (Å²) in [6.07, 6.45) is 2.09. The van der Waals surface area contributed by atoms with Crippen LogP contribution in [0.15, 0.2) is 23.1 Å². The zero-order valence-electron chi connectivity index (χ0n) is 12.7. The van der Waals surface area contributed by atoms with E-state index in [9.17, 15) is 13.2 Å². The van der Waals surface area contributed by atoms with Crippen molar-refractivity contribution in [1.82, 2.24) is 4.90 Å². The summed E-state index contributed by atoms with van der Waals surface area (Å²) in [5.41, 5.74) is 1.18. The van der Waals surface area contributed by atoms with Gasteiger partial charge in [0.15, 0.2) is 0 Å².